The zero-order valence-corrected chi connectivity index (χ0v) is 22.4. The van der Waals surface area contributed by atoms with E-state index < -0.39 is 27.9 Å². The van der Waals surface area contributed by atoms with Crippen LogP contribution in [0.5, 0.6) is 0 Å². The zero-order chi connectivity index (χ0) is 28.6. The predicted molar refractivity (Wildman–Crippen MR) is 149 cm³/mol. The van der Waals surface area contributed by atoms with Gasteiger partial charge < -0.3 is 20.6 Å². The van der Waals surface area contributed by atoms with Crippen LogP contribution in [-0.4, -0.2) is 44.8 Å². The van der Waals surface area contributed by atoms with Crippen molar-refractivity contribution >= 4 is 39.4 Å². The van der Waals surface area contributed by atoms with Crippen molar-refractivity contribution in [3.05, 3.63) is 89.0 Å². The highest BCUT2D eigenvalue weighted by Crippen LogP contribution is 2.30. The number of benzene rings is 3. The summed E-state index contributed by atoms with van der Waals surface area (Å²) in [5.41, 5.74) is 7.11. The number of unbranched alkanes of at least 4 members (excludes halogenated alkanes) is 2. The molecule has 0 aliphatic rings. The van der Waals surface area contributed by atoms with Gasteiger partial charge in [0.05, 0.1) is 11.8 Å². The molecule has 0 aromatic heterocycles. The van der Waals surface area contributed by atoms with Gasteiger partial charge in [-0.25, -0.2) is 4.79 Å². The number of nitrogens with one attached hydrogen (secondary N) is 3. The molecule has 39 heavy (non-hydrogen) atoms. The summed E-state index contributed by atoms with van der Waals surface area (Å²) in [7, 11) is -4.15. The van der Waals surface area contributed by atoms with Gasteiger partial charge in [0.25, 0.3) is 11.8 Å². The minimum absolute atomic E-state index is 0.107. The molecule has 3 aromatic rings. The van der Waals surface area contributed by atoms with Gasteiger partial charge in [-0.15, -0.1) is 0 Å². The molecule has 5 N–H and O–H groups in total. The maximum absolute atomic E-state index is 13.2. The van der Waals surface area contributed by atoms with Crippen LogP contribution in [0.25, 0.3) is 11.1 Å². The summed E-state index contributed by atoms with van der Waals surface area (Å²) in [6.45, 7) is 2.50. The van der Waals surface area contributed by atoms with E-state index in [0.717, 1.165) is 25.5 Å². The Kier molecular flexibility index (Phi) is 9.56. The summed E-state index contributed by atoms with van der Waals surface area (Å²) in [5.74, 6) is -2.21. The first-order valence-corrected chi connectivity index (χ1v) is 14.0. The lowest BCUT2D eigenvalue weighted by Gasteiger charge is -2.15. The fourth-order valence-electron chi connectivity index (χ4n) is 3.80. The summed E-state index contributed by atoms with van der Waals surface area (Å²) in [4.78, 5) is 38.8. The Hall–Kier alpha value is -4.51. The van der Waals surface area contributed by atoms with E-state index >= 15 is 0 Å². The summed E-state index contributed by atoms with van der Waals surface area (Å²) in [6.07, 6.45) is 3.48. The molecule has 2 amide bonds. The van der Waals surface area contributed by atoms with Gasteiger partial charge in [-0.2, -0.15) is 8.42 Å². The van der Waals surface area contributed by atoms with Gasteiger partial charge in [-0.1, -0.05) is 44.0 Å². The van der Waals surface area contributed by atoms with E-state index in [1.54, 1.807) is 48.5 Å². The van der Waals surface area contributed by atoms with Crippen molar-refractivity contribution < 1.29 is 27.0 Å². The van der Waals surface area contributed by atoms with Crippen molar-refractivity contribution in [1.82, 2.24) is 5.32 Å². The second kappa shape index (κ2) is 12.8. The molecule has 204 valence electrons. The maximum atomic E-state index is 13.2. The summed E-state index contributed by atoms with van der Waals surface area (Å²) in [5, 5.41) is 13.0. The highest BCUT2D eigenvalue weighted by atomic mass is 32.2. The molecule has 0 aliphatic carbocycles. The Morgan fingerprint density at radius 2 is 1.51 bits per heavy atom. The third kappa shape index (κ3) is 7.99. The number of amidine groups is 1. The molecule has 11 heteroatoms. The van der Waals surface area contributed by atoms with Crippen LogP contribution in [0.1, 0.15) is 62.8 Å². The van der Waals surface area contributed by atoms with E-state index in [0.29, 0.717) is 23.4 Å². The van der Waals surface area contributed by atoms with E-state index in [2.05, 4.69) is 14.8 Å². The van der Waals surface area contributed by atoms with Crippen LogP contribution in [0.15, 0.2) is 66.7 Å². The van der Waals surface area contributed by atoms with Gasteiger partial charge in [0.15, 0.2) is 0 Å². The fourth-order valence-corrected chi connectivity index (χ4v) is 4.16. The number of anilines is 1. The topological polar surface area (TPSA) is 169 Å². The van der Waals surface area contributed by atoms with Crippen LogP contribution in [-0.2, 0) is 14.3 Å². The average Bonchev–Trinajstić information content (AvgIpc) is 2.90. The van der Waals surface area contributed by atoms with Crippen molar-refractivity contribution in [3.63, 3.8) is 0 Å². The molecule has 0 heterocycles. The molecule has 0 radical (unpaired) electrons. The third-order valence-electron chi connectivity index (χ3n) is 5.71. The Labute approximate surface area is 227 Å². The molecule has 0 saturated carbocycles. The van der Waals surface area contributed by atoms with Crippen LogP contribution >= 0.6 is 0 Å². The molecule has 0 spiro atoms. The number of nitrogen functional groups attached to an aromatic ring is 1. The van der Waals surface area contributed by atoms with E-state index in [-0.39, 0.29) is 28.1 Å². The molecule has 0 atom stereocenters. The number of carbonyl (C=O) groups excluding carboxylic acids is 3. The van der Waals surface area contributed by atoms with Crippen LogP contribution < -0.4 is 16.4 Å². The summed E-state index contributed by atoms with van der Waals surface area (Å²) in [6, 6.07) is 17.1. The highest BCUT2D eigenvalue weighted by molar-refractivity contribution is 7.86. The fraction of sp³-hybridized carbons (Fsp3) is 0.214. The molecule has 0 fully saturated rings. The van der Waals surface area contributed by atoms with Crippen molar-refractivity contribution in [2.75, 3.05) is 18.1 Å². The largest absolute Gasteiger partial charge is 0.384 e. The second-order valence-electron chi connectivity index (χ2n) is 8.79. The lowest BCUT2D eigenvalue weighted by atomic mass is 9.93. The monoisotopic (exact) mass is 550 g/mol. The molecule has 0 unspecified atom stereocenters. The smallest absolute Gasteiger partial charge is 0.354 e. The molecule has 3 rings (SSSR count). The van der Waals surface area contributed by atoms with Crippen molar-refractivity contribution in [1.29, 1.82) is 5.41 Å². The number of hydrogen-bond acceptors (Lipinski definition) is 7. The van der Waals surface area contributed by atoms with Crippen LogP contribution in [0.3, 0.4) is 0 Å². The first-order chi connectivity index (χ1) is 18.5. The number of nitrogens with two attached hydrogens (primary N) is 1. The average molecular weight is 551 g/mol. The van der Waals surface area contributed by atoms with E-state index in [4.69, 9.17) is 11.1 Å². The molecule has 0 bridgehead atoms. The first kappa shape index (κ1) is 29.1. The summed E-state index contributed by atoms with van der Waals surface area (Å²) >= 11 is 0. The van der Waals surface area contributed by atoms with Gasteiger partial charge in [-0.3, -0.25) is 15.0 Å². The van der Waals surface area contributed by atoms with Gasteiger partial charge in [0, 0.05) is 28.9 Å². The van der Waals surface area contributed by atoms with E-state index in [1.165, 1.54) is 18.2 Å². The van der Waals surface area contributed by atoms with E-state index in [1.807, 2.05) is 6.92 Å². The quantitative estimate of drug-likeness (QED) is 0.121. The van der Waals surface area contributed by atoms with Gasteiger partial charge in [0.2, 0.25) is 0 Å². The number of hydrogen-bond donors (Lipinski definition) is 4. The molecule has 3 aromatic carbocycles. The Bertz CT molecular complexity index is 1500. The van der Waals surface area contributed by atoms with Gasteiger partial charge >= 0.3 is 16.1 Å². The minimum Gasteiger partial charge on any atom is -0.384 e. The lowest BCUT2D eigenvalue weighted by molar-refractivity contribution is 0.0748. The first-order valence-electron chi connectivity index (χ1n) is 12.2. The Morgan fingerprint density at radius 3 is 2.15 bits per heavy atom. The molecular weight excluding hydrogens is 520 g/mol. The maximum Gasteiger partial charge on any atom is 0.354 e. The second-order valence-corrected chi connectivity index (χ2v) is 10.4. The SMILES string of the molecule is CCCCCNC(=O)c1ccc(-c2ccccc2C(=O)Nc2ccc(C(=N)N)cc2)c(C(=O)OS(C)(=O)=O)c1. The highest BCUT2D eigenvalue weighted by Gasteiger charge is 2.23. The molecule has 10 nitrogen and oxygen atoms in total. The third-order valence-corrected chi connectivity index (χ3v) is 6.16. The predicted octanol–water partition coefficient (Wildman–Crippen LogP) is 3.93. The Morgan fingerprint density at radius 1 is 0.872 bits per heavy atom. The normalized spacial score (nSPS) is 10.9. The molecule has 0 aliphatic heterocycles. The number of amides is 2. The van der Waals surface area contributed by atoms with E-state index in [9.17, 15) is 22.8 Å². The molecule has 0 saturated heterocycles. The minimum atomic E-state index is -4.15. The number of rotatable bonds is 11. The standard InChI is InChI=1S/C28H30N4O6S/c1-3-4-7-16-31-26(33)19-12-15-22(24(17-19)28(35)38-39(2,36)37)21-8-5-6-9-23(21)27(34)32-20-13-10-18(11-14-20)25(29)30/h5-6,8-15,17H,3-4,7,16H2,1-2H3,(H3,29,30)(H,31,33)(H,32,34). The van der Waals surface area contributed by atoms with Gasteiger partial charge in [0.1, 0.15) is 5.84 Å². The lowest BCUT2D eigenvalue weighted by Crippen LogP contribution is -2.25. The van der Waals surface area contributed by atoms with Crippen LogP contribution in [0.2, 0.25) is 0 Å². The van der Waals surface area contributed by atoms with Crippen LogP contribution in [0, 0.1) is 5.41 Å². The Balaban J connectivity index is 2.00. The summed E-state index contributed by atoms with van der Waals surface area (Å²) < 4.78 is 28.1. The van der Waals surface area contributed by atoms with Crippen LogP contribution in [0.4, 0.5) is 5.69 Å². The van der Waals surface area contributed by atoms with Crippen molar-refractivity contribution in [2.24, 2.45) is 5.73 Å². The number of carbonyl (C=O) groups is 3. The van der Waals surface area contributed by atoms with Crippen molar-refractivity contribution in [2.45, 2.75) is 26.2 Å². The van der Waals surface area contributed by atoms with Crippen molar-refractivity contribution in [3.8, 4) is 11.1 Å². The van der Waals surface area contributed by atoms with Gasteiger partial charge in [-0.05, 0) is 60.0 Å². The zero-order valence-electron chi connectivity index (χ0n) is 21.6. The molecular formula is C28H30N4O6S.